The van der Waals surface area contributed by atoms with Gasteiger partial charge in [0.1, 0.15) is 18.2 Å². The number of nitrogens with two attached hydrogens (primary N) is 1. The van der Waals surface area contributed by atoms with Crippen molar-refractivity contribution in [2.45, 2.75) is 32.3 Å². The Balaban J connectivity index is 0.00000242. The Kier molecular flexibility index (Phi) is 12.0. The number of carboxylic acid groups (broad SMARTS) is 1. The number of piperazine rings is 1. The molecule has 10 nitrogen and oxygen atoms in total. The van der Waals surface area contributed by atoms with Crippen LogP contribution in [0.2, 0.25) is 5.02 Å². The maximum Gasteiger partial charge on any atom is 0.303 e. The summed E-state index contributed by atoms with van der Waals surface area (Å²) < 4.78 is 6.04. The minimum Gasteiger partial charge on any atom is -0.489 e. The summed E-state index contributed by atoms with van der Waals surface area (Å²) in [6, 6.07) is 13.7. The number of anilines is 2. The molecule has 4 N–H and O–H groups in total. The average Bonchev–Trinajstić information content (AvgIpc) is 2.94. The highest BCUT2D eigenvalue weighted by atomic mass is 35.5. The van der Waals surface area contributed by atoms with E-state index in [-0.39, 0.29) is 43.1 Å². The molecule has 226 valence electrons. The number of ether oxygens (including phenoxy) is 1. The van der Waals surface area contributed by atoms with Crippen molar-refractivity contribution in [3.8, 4) is 17.0 Å². The third kappa shape index (κ3) is 8.38. The molecule has 0 atom stereocenters. The van der Waals surface area contributed by atoms with E-state index in [9.17, 15) is 9.59 Å². The van der Waals surface area contributed by atoms with Crippen LogP contribution in [0.3, 0.4) is 0 Å². The molecule has 2 aromatic carbocycles. The molecular formula is C29H35Cl3N6O4. The summed E-state index contributed by atoms with van der Waals surface area (Å²) in [5.41, 5.74) is 11.4. The lowest BCUT2D eigenvalue weighted by molar-refractivity contribution is -0.137. The van der Waals surface area contributed by atoms with Gasteiger partial charge < -0.3 is 25.8 Å². The number of aromatic nitrogens is 2. The summed E-state index contributed by atoms with van der Waals surface area (Å²) in [5.74, 6) is 0.976. The lowest BCUT2D eigenvalue weighted by Crippen LogP contribution is -2.50. The van der Waals surface area contributed by atoms with E-state index in [4.69, 9.17) is 27.2 Å². The Labute approximate surface area is 262 Å². The molecule has 0 spiro atoms. The first-order valence-electron chi connectivity index (χ1n) is 13.5. The number of nitrogens with one attached hydrogen (secondary N) is 1. The smallest absolute Gasteiger partial charge is 0.303 e. The minimum absolute atomic E-state index is 0. The topological polar surface area (TPSA) is 134 Å². The highest BCUT2D eigenvalue weighted by molar-refractivity contribution is 6.30. The van der Waals surface area contributed by atoms with E-state index >= 15 is 0 Å². The molecule has 5 rings (SSSR count). The van der Waals surface area contributed by atoms with Crippen molar-refractivity contribution in [3.63, 3.8) is 0 Å². The van der Waals surface area contributed by atoms with E-state index in [1.807, 2.05) is 36.4 Å². The van der Waals surface area contributed by atoms with Crippen LogP contribution in [0.5, 0.6) is 5.75 Å². The molecule has 1 amide bonds. The van der Waals surface area contributed by atoms with Gasteiger partial charge in [-0.25, -0.2) is 4.98 Å². The Morgan fingerprint density at radius 1 is 1.02 bits per heavy atom. The quantitative estimate of drug-likeness (QED) is 0.282. The Morgan fingerprint density at radius 3 is 2.48 bits per heavy atom. The van der Waals surface area contributed by atoms with Crippen LogP contribution in [-0.2, 0) is 29.0 Å². The number of amides is 1. The van der Waals surface area contributed by atoms with Crippen LogP contribution in [0, 0.1) is 0 Å². The number of carbonyl (C=O) groups is 2. The predicted molar refractivity (Wildman–Crippen MR) is 168 cm³/mol. The molecule has 0 saturated carbocycles. The van der Waals surface area contributed by atoms with Crippen molar-refractivity contribution in [1.82, 2.24) is 20.2 Å². The maximum absolute atomic E-state index is 12.2. The molecule has 1 saturated heterocycles. The largest absolute Gasteiger partial charge is 0.489 e. The van der Waals surface area contributed by atoms with Crippen LogP contribution in [0.15, 0.2) is 42.5 Å². The summed E-state index contributed by atoms with van der Waals surface area (Å²) >= 11 is 5.98. The summed E-state index contributed by atoms with van der Waals surface area (Å²) in [4.78, 5) is 36.5. The summed E-state index contributed by atoms with van der Waals surface area (Å²) in [7, 11) is 0. The summed E-state index contributed by atoms with van der Waals surface area (Å²) in [5, 5.41) is 12.2. The number of aryl methyl sites for hydroxylation is 1. The fraction of sp³-hybridized carbons (Fsp3) is 0.379. The lowest BCUT2D eigenvalue weighted by atomic mass is 9.88. The number of hydrogen-bond acceptors (Lipinski definition) is 8. The molecule has 1 aromatic heterocycles. The second-order valence-electron chi connectivity index (χ2n) is 10.1. The molecule has 1 aliphatic heterocycles. The van der Waals surface area contributed by atoms with Gasteiger partial charge in [-0.05, 0) is 60.7 Å². The first kappa shape index (κ1) is 33.2. The molecular weight excluding hydrogens is 603 g/mol. The number of nitrogen functional groups attached to an aromatic ring is 1. The van der Waals surface area contributed by atoms with Crippen molar-refractivity contribution in [2.75, 3.05) is 49.9 Å². The SMILES string of the molecule is Cl.Cl.Nc1nc2c(c(N3CCN(CC(=O)NCCCC(=O)O)CC3)n1)CCc1cc(OCc3ccc(Cl)cc3)ccc1-2. The van der Waals surface area contributed by atoms with Gasteiger partial charge in [-0.3, -0.25) is 14.5 Å². The molecule has 1 fully saturated rings. The van der Waals surface area contributed by atoms with Gasteiger partial charge in [-0.1, -0.05) is 23.7 Å². The molecule has 42 heavy (non-hydrogen) atoms. The van der Waals surface area contributed by atoms with Crippen LogP contribution in [0.1, 0.15) is 29.5 Å². The minimum atomic E-state index is -0.856. The van der Waals surface area contributed by atoms with E-state index in [2.05, 4.69) is 31.2 Å². The zero-order valence-corrected chi connectivity index (χ0v) is 25.4. The van der Waals surface area contributed by atoms with E-state index in [1.54, 1.807) is 0 Å². The molecule has 2 heterocycles. The van der Waals surface area contributed by atoms with E-state index in [0.29, 0.717) is 44.2 Å². The van der Waals surface area contributed by atoms with Gasteiger partial charge in [0, 0.05) is 55.3 Å². The number of hydrogen-bond donors (Lipinski definition) is 3. The standard InChI is InChI=1S/C29H33ClN6O4.2ClH/c30-21-6-3-19(4-7-21)18-40-22-8-10-23-20(16-22)5-9-24-27(23)33-29(31)34-28(24)36-14-12-35(13-15-36)17-25(37)32-11-1-2-26(38)39;;/h3-4,6-8,10,16H,1-2,5,9,11-15,17-18H2,(H,32,37)(H,38,39)(H2,31,33,34);2*1H. The number of carboxylic acids is 1. The third-order valence-electron chi connectivity index (χ3n) is 7.23. The first-order valence-corrected chi connectivity index (χ1v) is 13.9. The first-order chi connectivity index (χ1) is 19.4. The van der Waals surface area contributed by atoms with Gasteiger partial charge in [0.2, 0.25) is 11.9 Å². The monoisotopic (exact) mass is 636 g/mol. The molecule has 0 unspecified atom stereocenters. The molecule has 1 aliphatic carbocycles. The molecule has 2 aliphatic rings. The van der Waals surface area contributed by atoms with Crippen molar-refractivity contribution in [1.29, 1.82) is 0 Å². The zero-order chi connectivity index (χ0) is 28.1. The fourth-order valence-electron chi connectivity index (χ4n) is 5.15. The molecule has 0 bridgehead atoms. The van der Waals surface area contributed by atoms with Crippen molar-refractivity contribution in [2.24, 2.45) is 0 Å². The number of halogens is 3. The van der Waals surface area contributed by atoms with Gasteiger partial charge in [-0.15, -0.1) is 24.8 Å². The van der Waals surface area contributed by atoms with Crippen molar-refractivity contribution in [3.05, 3.63) is 64.2 Å². The second kappa shape index (κ2) is 15.2. The molecule has 13 heteroatoms. The fourth-order valence-corrected chi connectivity index (χ4v) is 5.28. The number of benzene rings is 2. The van der Waals surface area contributed by atoms with Gasteiger partial charge in [-0.2, -0.15) is 4.98 Å². The van der Waals surface area contributed by atoms with Crippen LogP contribution in [0.4, 0.5) is 11.8 Å². The summed E-state index contributed by atoms with van der Waals surface area (Å²) in [6.45, 7) is 4.00. The van der Waals surface area contributed by atoms with E-state index in [1.165, 1.54) is 5.56 Å². The van der Waals surface area contributed by atoms with E-state index < -0.39 is 5.97 Å². The average molecular weight is 638 g/mol. The van der Waals surface area contributed by atoms with Crippen molar-refractivity contribution < 1.29 is 19.4 Å². The third-order valence-corrected chi connectivity index (χ3v) is 7.48. The lowest BCUT2D eigenvalue weighted by Gasteiger charge is -2.36. The highest BCUT2D eigenvalue weighted by Crippen LogP contribution is 2.38. The summed E-state index contributed by atoms with van der Waals surface area (Å²) in [6.07, 6.45) is 2.13. The van der Waals surface area contributed by atoms with Gasteiger partial charge in [0.15, 0.2) is 0 Å². The van der Waals surface area contributed by atoms with Crippen LogP contribution < -0.4 is 20.7 Å². The van der Waals surface area contributed by atoms with Gasteiger partial charge in [0.25, 0.3) is 0 Å². The second-order valence-corrected chi connectivity index (χ2v) is 10.5. The Morgan fingerprint density at radius 2 is 1.76 bits per heavy atom. The number of nitrogens with zero attached hydrogens (tertiary/aromatic N) is 4. The Hall–Kier alpha value is -3.31. The molecule has 0 radical (unpaired) electrons. The number of aliphatic carboxylic acids is 1. The molecule has 3 aromatic rings. The predicted octanol–water partition coefficient (Wildman–Crippen LogP) is 4.00. The Bertz CT molecular complexity index is 1380. The highest BCUT2D eigenvalue weighted by Gasteiger charge is 2.27. The number of carbonyl (C=O) groups excluding carboxylic acids is 1. The van der Waals surface area contributed by atoms with Crippen LogP contribution in [0.25, 0.3) is 11.3 Å². The van der Waals surface area contributed by atoms with Gasteiger partial charge >= 0.3 is 5.97 Å². The maximum atomic E-state index is 12.2. The normalized spacial score (nSPS) is 14.1. The van der Waals surface area contributed by atoms with E-state index in [0.717, 1.165) is 59.9 Å². The number of fused-ring (bicyclic) bond motifs is 3. The zero-order valence-electron chi connectivity index (χ0n) is 23.1. The van der Waals surface area contributed by atoms with Crippen molar-refractivity contribution >= 4 is 60.1 Å². The number of rotatable bonds is 10. The van der Waals surface area contributed by atoms with Crippen LogP contribution in [-0.4, -0.2) is 71.1 Å². The van der Waals surface area contributed by atoms with Gasteiger partial charge in [0.05, 0.1) is 12.2 Å². The van der Waals surface area contributed by atoms with Crippen LogP contribution >= 0.6 is 36.4 Å².